The number of fused-ring (bicyclic) bond motifs is 1. The molecule has 4 rings (SSSR count). The predicted molar refractivity (Wildman–Crippen MR) is 101 cm³/mol. The molecule has 2 aliphatic heterocycles. The summed E-state index contributed by atoms with van der Waals surface area (Å²) in [6, 6.07) is 5.82. The first-order valence-electron chi connectivity index (χ1n) is 8.99. The molecule has 0 atom stereocenters. The van der Waals surface area contributed by atoms with Crippen molar-refractivity contribution in [2.45, 2.75) is 19.3 Å². The van der Waals surface area contributed by atoms with E-state index in [2.05, 4.69) is 10.3 Å². The Morgan fingerprint density at radius 3 is 2.92 bits per heavy atom. The van der Waals surface area contributed by atoms with E-state index in [4.69, 9.17) is 9.47 Å². The fraction of sp³-hybridized carbons (Fsp3) is 0.474. The van der Waals surface area contributed by atoms with E-state index in [1.54, 1.807) is 11.3 Å². The second-order valence-electron chi connectivity index (χ2n) is 6.77. The minimum absolute atomic E-state index is 0.176. The largest absolute Gasteiger partial charge is 0.454 e. The zero-order valence-electron chi connectivity index (χ0n) is 14.9. The number of carbonyl (C=O) groups excluding carboxylic acids is 1. The van der Waals surface area contributed by atoms with Crippen molar-refractivity contribution in [2.75, 3.05) is 33.5 Å². The van der Waals surface area contributed by atoms with E-state index in [-0.39, 0.29) is 12.7 Å². The molecule has 1 fully saturated rings. The lowest BCUT2D eigenvalue weighted by atomic mass is 9.96. The predicted octanol–water partition coefficient (Wildman–Crippen LogP) is 2.54. The molecule has 1 amide bonds. The van der Waals surface area contributed by atoms with Crippen molar-refractivity contribution in [3.05, 3.63) is 29.3 Å². The Labute approximate surface area is 157 Å². The number of thiazole rings is 1. The highest BCUT2D eigenvalue weighted by Crippen LogP contribution is 2.36. The Hall–Kier alpha value is -2.12. The summed E-state index contributed by atoms with van der Waals surface area (Å²) in [4.78, 5) is 19.2. The average Bonchev–Trinajstić information content (AvgIpc) is 3.31. The summed E-state index contributed by atoms with van der Waals surface area (Å²) < 4.78 is 10.8. The van der Waals surface area contributed by atoms with Crippen LogP contribution in [0.1, 0.15) is 18.5 Å². The second kappa shape index (κ2) is 7.63. The number of carbonyl (C=O) groups is 1. The summed E-state index contributed by atoms with van der Waals surface area (Å²) in [6.45, 7) is 3.00. The number of benzene rings is 1. The number of likely N-dealkylation sites (tertiary alicyclic amines) is 1. The third-order valence-corrected chi connectivity index (χ3v) is 5.90. The van der Waals surface area contributed by atoms with Crippen LogP contribution in [0.4, 0.5) is 0 Å². The van der Waals surface area contributed by atoms with Gasteiger partial charge in [-0.1, -0.05) is 0 Å². The van der Waals surface area contributed by atoms with Gasteiger partial charge in [-0.05, 0) is 50.6 Å². The zero-order chi connectivity index (χ0) is 17.9. The first kappa shape index (κ1) is 17.3. The van der Waals surface area contributed by atoms with Gasteiger partial charge in [0.05, 0.1) is 12.1 Å². The molecule has 1 aromatic carbocycles. The zero-order valence-corrected chi connectivity index (χ0v) is 15.7. The molecule has 2 aliphatic rings. The standard InChI is InChI=1S/C19H23N3O3S/c1-20-10-13-4-6-22(7-5-13)18(23)9-15-11-26-19(21-15)14-2-3-16-17(8-14)25-12-24-16/h2-3,8,11,13,20H,4-7,9-10,12H2,1H3. The van der Waals surface area contributed by atoms with E-state index < -0.39 is 0 Å². The molecule has 0 spiro atoms. The van der Waals surface area contributed by atoms with Gasteiger partial charge in [0.2, 0.25) is 12.7 Å². The molecule has 138 valence electrons. The Bertz CT molecular complexity index is 784. The highest BCUT2D eigenvalue weighted by Gasteiger charge is 2.23. The Morgan fingerprint density at radius 1 is 1.31 bits per heavy atom. The summed E-state index contributed by atoms with van der Waals surface area (Å²) >= 11 is 1.56. The number of ether oxygens (including phenoxy) is 2. The van der Waals surface area contributed by atoms with Crippen molar-refractivity contribution in [3.63, 3.8) is 0 Å². The van der Waals surface area contributed by atoms with Gasteiger partial charge >= 0.3 is 0 Å². The molecule has 6 nitrogen and oxygen atoms in total. The molecule has 1 saturated heterocycles. The van der Waals surface area contributed by atoms with Crippen LogP contribution in [0.3, 0.4) is 0 Å². The molecule has 2 aromatic rings. The molecular weight excluding hydrogens is 350 g/mol. The molecule has 0 bridgehead atoms. The first-order chi connectivity index (χ1) is 12.7. The maximum atomic E-state index is 12.6. The van der Waals surface area contributed by atoms with Crippen molar-refractivity contribution < 1.29 is 14.3 Å². The number of hydrogen-bond donors (Lipinski definition) is 1. The third kappa shape index (κ3) is 3.68. The van der Waals surface area contributed by atoms with E-state index in [1.807, 2.05) is 35.5 Å². The van der Waals surface area contributed by atoms with Crippen LogP contribution in [0.15, 0.2) is 23.6 Å². The first-order valence-corrected chi connectivity index (χ1v) is 9.87. The molecular formula is C19H23N3O3S. The number of piperidine rings is 1. The molecule has 0 aliphatic carbocycles. The van der Waals surface area contributed by atoms with Gasteiger partial charge in [0.15, 0.2) is 11.5 Å². The topological polar surface area (TPSA) is 63.7 Å². The molecule has 7 heteroatoms. The normalized spacial score (nSPS) is 16.9. The Morgan fingerprint density at radius 2 is 2.12 bits per heavy atom. The van der Waals surface area contributed by atoms with Gasteiger partial charge in [-0.15, -0.1) is 11.3 Å². The minimum atomic E-state index is 0.176. The molecule has 3 heterocycles. The molecule has 1 aromatic heterocycles. The van der Waals surface area contributed by atoms with E-state index in [0.29, 0.717) is 12.3 Å². The fourth-order valence-corrected chi connectivity index (χ4v) is 4.31. The summed E-state index contributed by atoms with van der Waals surface area (Å²) in [7, 11) is 1.98. The quantitative estimate of drug-likeness (QED) is 0.873. The van der Waals surface area contributed by atoms with Gasteiger partial charge in [0.25, 0.3) is 0 Å². The van der Waals surface area contributed by atoms with Gasteiger partial charge < -0.3 is 19.7 Å². The number of aromatic nitrogens is 1. The maximum absolute atomic E-state index is 12.6. The summed E-state index contributed by atoms with van der Waals surface area (Å²) in [5.41, 5.74) is 1.83. The fourth-order valence-electron chi connectivity index (χ4n) is 3.49. The molecule has 26 heavy (non-hydrogen) atoms. The minimum Gasteiger partial charge on any atom is -0.454 e. The van der Waals surface area contributed by atoms with Gasteiger partial charge in [0, 0.05) is 24.0 Å². The number of hydrogen-bond acceptors (Lipinski definition) is 6. The van der Waals surface area contributed by atoms with Gasteiger partial charge in [-0.3, -0.25) is 4.79 Å². The van der Waals surface area contributed by atoms with Crippen molar-refractivity contribution >= 4 is 17.2 Å². The molecule has 0 saturated carbocycles. The van der Waals surface area contributed by atoms with Crippen LogP contribution in [0.5, 0.6) is 11.5 Å². The van der Waals surface area contributed by atoms with E-state index in [1.165, 1.54) is 0 Å². The van der Waals surface area contributed by atoms with Crippen molar-refractivity contribution in [1.82, 2.24) is 15.2 Å². The lowest BCUT2D eigenvalue weighted by molar-refractivity contribution is -0.131. The van der Waals surface area contributed by atoms with Gasteiger partial charge in [-0.25, -0.2) is 4.98 Å². The highest BCUT2D eigenvalue weighted by atomic mass is 32.1. The van der Waals surface area contributed by atoms with Crippen LogP contribution < -0.4 is 14.8 Å². The van der Waals surface area contributed by atoms with Crippen molar-refractivity contribution in [1.29, 1.82) is 0 Å². The van der Waals surface area contributed by atoms with Crippen LogP contribution in [0, 0.1) is 5.92 Å². The summed E-state index contributed by atoms with van der Waals surface area (Å²) in [5.74, 6) is 2.37. The third-order valence-electron chi connectivity index (χ3n) is 4.96. The monoisotopic (exact) mass is 373 g/mol. The highest BCUT2D eigenvalue weighted by molar-refractivity contribution is 7.13. The van der Waals surface area contributed by atoms with Crippen LogP contribution in [0.25, 0.3) is 10.6 Å². The van der Waals surface area contributed by atoms with E-state index in [9.17, 15) is 4.79 Å². The molecule has 0 radical (unpaired) electrons. The SMILES string of the molecule is CNCC1CCN(C(=O)Cc2csc(-c3ccc4c(c3)OCO4)n2)CC1. The Balaban J connectivity index is 1.37. The van der Waals surface area contributed by atoms with Crippen LogP contribution in [-0.2, 0) is 11.2 Å². The lowest BCUT2D eigenvalue weighted by Crippen LogP contribution is -2.41. The summed E-state index contributed by atoms with van der Waals surface area (Å²) in [6.07, 6.45) is 2.52. The number of amides is 1. The Kier molecular flexibility index (Phi) is 5.08. The summed E-state index contributed by atoms with van der Waals surface area (Å²) in [5, 5.41) is 6.11. The van der Waals surface area contributed by atoms with Gasteiger partial charge in [-0.2, -0.15) is 0 Å². The smallest absolute Gasteiger partial charge is 0.231 e. The van der Waals surface area contributed by atoms with Gasteiger partial charge in [0.1, 0.15) is 5.01 Å². The average molecular weight is 373 g/mol. The maximum Gasteiger partial charge on any atom is 0.231 e. The second-order valence-corrected chi connectivity index (χ2v) is 7.63. The molecule has 0 unspecified atom stereocenters. The van der Waals surface area contributed by atoms with Crippen LogP contribution >= 0.6 is 11.3 Å². The van der Waals surface area contributed by atoms with E-state index in [0.717, 1.165) is 60.2 Å². The molecule has 1 N–H and O–H groups in total. The van der Waals surface area contributed by atoms with E-state index >= 15 is 0 Å². The lowest BCUT2D eigenvalue weighted by Gasteiger charge is -2.31. The van der Waals surface area contributed by atoms with Crippen LogP contribution in [-0.4, -0.2) is 49.3 Å². The number of nitrogens with zero attached hydrogens (tertiary/aromatic N) is 2. The van der Waals surface area contributed by atoms with Crippen molar-refractivity contribution in [2.24, 2.45) is 5.92 Å². The number of nitrogens with one attached hydrogen (secondary N) is 1. The van der Waals surface area contributed by atoms with Crippen LogP contribution in [0.2, 0.25) is 0 Å². The van der Waals surface area contributed by atoms with Crippen molar-refractivity contribution in [3.8, 4) is 22.1 Å². The number of rotatable bonds is 5.